The van der Waals surface area contributed by atoms with Crippen LogP contribution in [0.3, 0.4) is 0 Å². The van der Waals surface area contributed by atoms with Gasteiger partial charge in [0.25, 0.3) is 0 Å². The van der Waals surface area contributed by atoms with Gasteiger partial charge in [0.1, 0.15) is 0 Å². The summed E-state index contributed by atoms with van der Waals surface area (Å²) in [6, 6.07) is 0. The lowest BCUT2D eigenvalue weighted by Crippen LogP contribution is -2.33. The van der Waals surface area contributed by atoms with Crippen molar-refractivity contribution in [1.29, 1.82) is 0 Å². The molecule has 1 aliphatic rings. The van der Waals surface area contributed by atoms with E-state index in [1.807, 2.05) is 0 Å². The molecule has 1 aromatic rings. The Kier molecular flexibility index (Phi) is 3.08. The lowest BCUT2D eigenvalue weighted by molar-refractivity contribution is 0.352. The van der Waals surface area contributed by atoms with E-state index in [2.05, 4.69) is 8.75 Å². The second-order valence-electron chi connectivity index (χ2n) is 3.65. The number of rotatable bonds is 2. The molecule has 80 valence electrons. The zero-order chi connectivity index (χ0) is 11.0. The van der Waals surface area contributed by atoms with Gasteiger partial charge in [-0.3, -0.25) is 0 Å². The summed E-state index contributed by atoms with van der Waals surface area (Å²) >= 11 is 0.953. The molecule has 0 saturated heterocycles. The van der Waals surface area contributed by atoms with E-state index in [9.17, 15) is 0 Å². The Balaban J connectivity index is 2.33. The molecule has 4 N–H and O–H groups in total. The number of hydrogen-bond donors (Lipinski definition) is 4. The van der Waals surface area contributed by atoms with Gasteiger partial charge in [-0.05, 0) is 12.8 Å². The molecule has 0 bridgehead atoms. The van der Waals surface area contributed by atoms with Crippen LogP contribution in [-0.4, -0.2) is 43.1 Å². The van der Waals surface area contributed by atoms with Crippen molar-refractivity contribution in [2.75, 3.05) is 0 Å². The Labute approximate surface area is 91.2 Å². The monoisotopic (exact) mass is 228 g/mol. The van der Waals surface area contributed by atoms with Crippen LogP contribution in [0.4, 0.5) is 0 Å². The SMILES string of the molecule is OB(O)C1CCC(B(O)O)c2nsnc21. The molecule has 1 aromatic heterocycles. The molecular weight excluding hydrogens is 218 g/mol. The fraction of sp³-hybridized carbons (Fsp3) is 0.667. The third kappa shape index (κ3) is 1.93. The van der Waals surface area contributed by atoms with E-state index >= 15 is 0 Å². The van der Waals surface area contributed by atoms with E-state index in [0.717, 1.165) is 11.7 Å². The first-order valence-electron chi connectivity index (χ1n) is 4.66. The van der Waals surface area contributed by atoms with Gasteiger partial charge in [0.2, 0.25) is 0 Å². The van der Waals surface area contributed by atoms with Crippen molar-refractivity contribution in [2.45, 2.75) is 24.5 Å². The molecule has 1 aliphatic carbocycles. The highest BCUT2D eigenvalue weighted by Crippen LogP contribution is 2.38. The quantitative estimate of drug-likeness (QED) is 0.460. The first-order chi connectivity index (χ1) is 7.11. The molecule has 2 unspecified atom stereocenters. The maximum atomic E-state index is 9.13. The average molecular weight is 228 g/mol. The standard InChI is InChI=1S/C6H10B2N2O4S/c11-7(12)3-1-2-4(8(13)14)6-5(3)9-15-10-6/h3-4,11-14H,1-2H2. The Morgan fingerprint density at radius 1 is 0.933 bits per heavy atom. The third-order valence-corrected chi connectivity index (χ3v) is 3.31. The maximum Gasteiger partial charge on any atom is 0.461 e. The average Bonchev–Trinajstić information content (AvgIpc) is 2.63. The minimum absolute atomic E-state index is 0.464. The Hall–Kier alpha value is -0.470. The fourth-order valence-corrected chi connectivity index (χ4v) is 2.60. The first-order valence-corrected chi connectivity index (χ1v) is 5.39. The Morgan fingerprint density at radius 3 is 1.67 bits per heavy atom. The molecule has 0 fully saturated rings. The van der Waals surface area contributed by atoms with Gasteiger partial charge in [0, 0.05) is 11.6 Å². The van der Waals surface area contributed by atoms with Crippen LogP contribution in [0, 0.1) is 0 Å². The summed E-state index contributed by atoms with van der Waals surface area (Å²) in [5.74, 6) is -0.928. The van der Waals surface area contributed by atoms with E-state index in [1.54, 1.807) is 0 Å². The number of fused-ring (bicyclic) bond motifs is 1. The lowest BCUT2D eigenvalue weighted by atomic mass is 9.57. The first kappa shape index (κ1) is 11.0. The molecule has 0 aromatic carbocycles. The van der Waals surface area contributed by atoms with Crippen LogP contribution in [0.15, 0.2) is 0 Å². The highest BCUT2D eigenvalue weighted by molar-refractivity contribution is 6.99. The van der Waals surface area contributed by atoms with Crippen molar-refractivity contribution in [2.24, 2.45) is 0 Å². The molecule has 15 heavy (non-hydrogen) atoms. The molecule has 9 heteroatoms. The summed E-state index contributed by atoms with van der Waals surface area (Å²) in [5, 5.41) is 36.5. The summed E-state index contributed by atoms with van der Waals surface area (Å²) in [6.45, 7) is 0. The number of hydrogen-bond acceptors (Lipinski definition) is 7. The van der Waals surface area contributed by atoms with Crippen molar-refractivity contribution in [3.63, 3.8) is 0 Å². The highest BCUT2D eigenvalue weighted by atomic mass is 32.1. The van der Waals surface area contributed by atoms with Crippen LogP contribution in [0.25, 0.3) is 0 Å². The van der Waals surface area contributed by atoms with Crippen LogP contribution in [-0.2, 0) is 0 Å². The normalized spacial score (nSPS) is 24.8. The predicted octanol–water partition coefficient (Wildman–Crippen LogP) is -1.48. The van der Waals surface area contributed by atoms with Gasteiger partial charge >= 0.3 is 14.2 Å². The molecule has 0 saturated carbocycles. The zero-order valence-electron chi connectivity index (χ0n) is 7.82. The van der Waals surface area contributed by atoms with Crippen LogP contribution < -0.4 is 0 Å². The van der Waals surface area contributed by atoms with Gasteiger partial charge in [-0.2, -0.15) is 8.75 Å². The largest absolute Gasteiger partial charge is 0.461 e. The molecule has 2 rings (SSSR count). The maximum absolute atomic E-state index is 9.13. The third-order valence-electron chi connectivity index (χ3n) is 2.75. The van der Waals surface area contributed by atoms with Crippen molar-refractivity contribution in [3.05, 3.63) is 11.4 Å². The summed E-state index contributed by atoms with van der Waals surface area (Å²) in [6.07, 6.45) is 0.941. The minimum Gasteiger partial charge on any atom is -0.427 e. The van der Waals surface area contributed by atoms with Gasteiger partial charge in [-0.1, -0.05) is 0 Å². The summed E-state index contributed by atoms with van der Waals surface area (Å²) in [5.41, 5.74) is 0.971. The minimum atomic E-state index is -1.47. The van der Waals surface area contributed by atoms with Gasteiger partial charge in [-0.15, -0.1) is 0 Å². The molecule has 0 aliphatic heterocycles. The summed E-state index contributed by atoms with van der Waals surface area (Å²) in [7, 11) is -2.94. The predicted molar refractivity (Wildman–Crippen MR) is 55.0 cm³/mol. The van der Waals surface area contributed by atoms with Gasteiger partial charge < -0.3 is 20.1 Å². The van der Waals surface area contributed by atoms with Gasteiger partial charge in [0.05, 0.1) is 23.1 Å². The van der Waals surface area contributed by atoms with Crippen LogP contribution >= 0.6 is 11.7 Å². The van der Waals surface area contributed by atoms with Crippen molar-refractivity contribution in [3.8, 4) is 0 Å². The van der Waals surface area contributed by atoms with Gasteiger partial charge in [0.15, 0.2) is 0 Å². The van der Waals surface area contributed by atoms with Crippen molar-refractivity contribution < 1.29 is 20.1 Å². The Morgan fingerprint density at radius 2 is 1.33 bits per heavy atom. The van der Waals surface area contributed by atoms with E-state index in [0.29, 0.717) is 24.2 Å². The van der Waals surface area contributed by atoms with Crippen LogP contribution in [0.2, 0.25) is 0 Å². The van der Waals surface area contributed by atoms with Crippen LogP contribution in [0.5, 0.6) is 0 Å². The van der Waals surface area contributed by atoms with Gasteiger partial charge in [-0.25, -0.2) is 0 Å². The Bertz CT molecular complexity index is 317. The molecule has 0 amide bonds. The second-order valence-corrected chi connectivity index (χ2v) is 4.18. The molecule has 0 spiro atoms. The fourth-order valence-electron chi connectivity index (χ4n) is 1.93. The van der Waals surface area contributed by atoms with E-state index < -0.39 is 25.9 Å². The van der Waals surface area contributed by atoms with Crippen molar-refractivity contribution >= 4 is 26.0 Å². The molecule has 1 heterocycles. The molecular formula is C6H10B2N2O4S. The summed E-state index contributed by atoms with van der Waals surface area (Å²) < 4.78 is 7.96. The number of aromatic nitrogens is 2. The smallest absolute Gasteiger partial charge is 0.427 e. The lowest BCUT2D eigenvalue weighted by Gasteiger charge is -2.25. The zero-order valence-corrected chi connectivity index (χ0v) is 8.63. The summed E-state index contributed by atoms with van der Waals surface area (Å²) in [4.78, 5) is 0. The van der Waals surface area contributed by atoms with E-state index in [-0.39, 0.29) is 0 Å². The topological polar surface area (TPSA) is 107 Å². The molecule has 0 radical (unpaired) electrons. The number of nitrogens with zero attached hydrogens (tertiary/aromatic N) is 2. The van der Waals surface area contributed by atoms with E-state index in [4.69, 9.17) is 20.1 Å². The van der Waals surface area contributed by atoms with Crippen molar-refractivity contribution in [1.82, 2.24) is 8.75 Å². The molecule has 6 nitrogen and oxygen atoms in total. The molecule has 2 atom stereocenters. The van der Waals surface area contributed by atoms with E-state index in [1.165, 1.54) is 0 Å². The van der Waals surface area contributed by atoms with Crippen LogP contribution in [0.1, 0.15) is 35.9 Å². The highest BCUT2D eigenvalue weighted by Gasteiger charge is 2.41. The second kappa shape index (κ2) is 4.18.